The largest absolute Gasteiger partial charge is 0.353 e. The molecule has 1 aromatic heterocycles. The van der Waals surface area contributed by atoms with E-state index in [1.807, 2.05) is 0 Å². The summed E-state index contributed by atoms with van der Waals surface area (Å²) in [7, 11) is 0. The molecule has 0 unspecified atom stereocenters. The highest BCUT2D eigenvalue weighted by Gasteiger charge is 2.23. The van der Waals surface area contributed by atoms with Gasteiger partial charge in [0.2, 0.25) is 0 Å². The van der Waals surface area contributed by atoms with Crippen molar-refractivity contribution in [2.24, 2.45) is 0 Å². The minimum Gasteiger partial charge on any atom is -0.353 e. The number of benzene rings is 1. The molecule has 1 fully saturated rings. The van der Waals surface area contributed by atoms with Gasteiger partial charge in [-0.15, -0.1) is 0 Å². The van der Waals surface area contributed by atoms with Gasteiger partial charge in [0.05, 0.1) is 4.70 Å². The Hall–Kier alpha value is -2.25. The Kier molecular flexibility index (Phi) is 4.99. The second kappa shape index (κ2) is 7.55. The van der Waals surface area contributed by atoms with Crippen LogP contribution in [0.15, 0.2) is 36.4 Å². The summed E-state index contributed by atoms with van der Waals surface area (Å²) in [6, 6.07) is 8.40. The molecule has 0 bridgehead atoms. The molecule has 7 heteroatoms. The molecule has 6 nitrogen and oxygen atoms in total. The molecule has 2 aliphatic heterocycles. The minimum absolute atomic E-state index is 0.181. The Morgan fingerprint density at radius 3 is 2.38 bits per heavy atom. The lowest BCUT2D eigenvalue weighted by Gasteiger charge is -2.35. The van der Waals surface area contributed by atoms with E-state index in [4.69, 9.17) is 0 Å². The number of fused-ring (bicyclic) bond motifs is 1. The van der Waals surface area contributed by atoms with Crippen molar-refractivity contribution in [2.45, 2.75) is 12.8 Å². The van der Waals surface area contributed by atoms with Crippen LogP contribution in [-0.4, -0.2) is 65.3 Å². The van der Waals surface area contributed by atoms with Gasteiger partial charge in [-0.3, -0.25) is 19.4 Å². The molecular weight excluding hydrogens is 348 g/mol. The summed E-state index contributed by atoms with van der Waals surface area (Å²) in [5.41, 5.74) is 0. The highest BCUT2D eigenvalue weighted by atomic mass is 32.1. The van der Waals surface area contributed by atoms with Gasteiger partial charge in [-0.1, -0.05) is 12.1 Å². The molecule has 26 heavy (non-hydrogen) atoms. The number of nitrogens with zero attached hydrogens (tertiary/aromatic N) is 4. The Labute approximate surface area is 156 Å². The van der Waals surface area contributed by atoms with Crippen LogP contribution >= 0.6 is 11.5 Å². The number of aromatic nitrogens is 1. The molecule has 0 spiro atoms. The maximum Gasteiger partial charge on any atom is 0.253 e. The zero-order chi connectivity index (χ0) is 17.9. The highest BCUT2D eigenvalue weighted by molar-refractivity contribution is 7.13. The van der Waals surface area contributed by atoms with Crippen molar-refractivity contribution in [3.05, 3.63) is 36.4 Å². The lowest BCUT2D eigenvalue weighted by molar-refractivity contribution is -0.136. The number of anilines is 1. The second-order valence-corrected chi connectivity index (χ2v) is 7.50. The first-order chi connectivity index (χ1) is 12.7. The Morgan fingerprint density at radius 2 is 1.62 bits per heavy atom. The molecular formula is C19H22N4O2S. The molecule has 0 saturated carbocycles. The van der Waals surface area contributed by atoms with Gasteiger partial charge in [0.15, 0.2) is 0 Å². The van der Waals surface area contributed by atoms with Gasteiger partial charge in [0.1, 0.15) is 5.82 Å². The number of hydrogen-bond acceptors (Lipinski definition) is 6. The lowest BCUT2D eigenvalue weighted by Crippen LogP contribution is -2.46. The average molecular weight is 370 g/mol. The summed E-state index contributed by atoms with van der Waals surface area (Å²) < 4.78 is 5.89. The molecule has 4 rings (SSSR count). The third kappa shape index (κ3) is 3.50. The first-order valence-electron chi connectivity index (χ1n) is 9.07. The molecule has 2 aromatic rings. The molecule has 0 atom stereocenters. The number of piperazine rings is 1. The van der Waals surface area contributed by atoms with Crippen LogP contribution in [0.3, 0.4) is 0 Å². The standard InChI is InChI=1S/C19H22N4O2S/c24-17-7-8-18(25)23(17)10-4-3-9-21-11-13-22(14-12-21)19-15-5-1-2-6-16(15)26-20-19/h1-2,5-8H,3-4,9-14H2. The summed E-state index contributed by atoms with van der Waals surface area (Å²) in [4.78, 5) is 29.2. The number of rotatable bonds is 6. The average Bonchev–Trinajstić information content (AvgIpc) is 3.23. The highest BCUT2D eigenvalue weighted by Crippen LogP contribution is 2.29. The first-order valence-corrected chi connectivity index (χ1v) is 9.85. The molecule has 136 valence electrons. The topological polar surface area (TPSA) is 56.8 Å². The molecule has 2 amide bonds. The van der Waals surface area contributed by atoms with Crippen molar-refractivity contribution >= 4 is 39.3 Å². The smallest absolute Gasteiger partial charge is 0.253 e. The van der Waals surface area contributed by atoms with Crippen LogP contribution in [0.4, 0.5) is 5.82 Å². The monoisotopic (exact) mass is 370 g/mol. The van der Waals surface area contributed by atoms with Crippen LogP contribution < -0.4 is 4.90 Å². The predicted molar refractivity (Wildman–Crippen MR) is 103 cm³/mol. The second-order valence-electron chi connectivity index (χ2n) is 6.70. The van der Waals surface area contributed by atoms with E-state index in [-0.39, 0.29) is 11.8 Å². The van der Waals surface area contributed by atoms with E-state index < -0.39 is 0 Å². The van der Waals surface area contributed by atoms with Crippen LogP contribution in [0.5, 0.6) is 0 Å². The van der Waals surface area contributed by atoms with Crippen molar-refractivity contribution in [1.82, 2.24) is 14.2 Å². The maximum atomic E-state index is 11.5. The van der Waals surface area contributed by atoms with Crippen LogP contribution in [-0.2, 0) is 9.59 Å². The van der Waals surface area contributed by atoms with E-state index in [1.54, 1.807) is 11.5 Å². The molecule has 0 radical (unpaired) electrons. The number of amides is 2. The SMILES string of the molecule is O=C1C=CC(=O)N1CCCCN1CCN(c2nsc3ccccc23)CC1. The number of carbonyl (C=O) groups is 2. The van der Waals surface area contributed by atoms with Gasteiger partial charge < -0.3 is 4.90 Å². The summed E-state index contributed by atoms with van der Waals surface area (Å²) in [6.45, 7) is 5.55. The zero-order valence-electron chi connectivity index (χ0n) is 14.6. The fraction of sp³-hybridized carbons (Fsp3) is 0.421. The van der Waals surface area contributed by atoms with E-state index in [0.717, 1.165) is 51.4 Å². The molecule has 2 aliphatic rings. The molecule has 3 heterocycles. The van der Waals surface area contributed by atoms with Crippen molar-refractivity contribution in [1.29, 1.82) is 0 Å². The van der Waals surface area contributed by atoms with Crippen molar-refractivity contribution in [2.75, 3.05) is 44.2 Å². The van der Waals surface area contributed by atoms with Gasteiger partial charge in [-0.05, 0) is 43.1 Å². The van der Waals surface area contributed by atoms with Crippen molar-refractivity contribution in [3.63, 3.8) is 0 Å². The van der Waals surface area contributed by atoms with Gasteiger partial charge in [-0.25, -0.2) is 0 Å². The maximum absolute atomic E-state index is 11.5. The van der Waals surface area contributed by atoms with E-state index in [1.165, 1.54) is 27.1 Å². The summed E-state index contributed by atoms with van der Waals surface area (Å²) in [5, 5.41) is 1.25. The molecule has 1 saturated heterocycles. The quantitative estimate of drug-likeness (QED) is 0.576. The van der Waals surface area contributed by atoms with Crippen molar-refractivity contribution < 1.29 is 9.59 Å². The normalized spacial score (nSPS) is 18.5. The number of imide groups is 1. The third-order valence-corrected chi connectivity index (χ3v) is 5.85. The van der Waals surface area contributed by atoms with E-state index in [2.05, 4.69) is 38.4 Å². The van der Waals surface area contributed by atoms with Gasteiger partial charge >= 0.3 is 0 Å². The summed E-state index contributed by atoms with van der Waals surface area (Å²) in [5.74, 6) is 0.752. The number of carbonyl (C=O) groups excluding carboxylic acids is 2. The van der Waals surface area contributed by atoms with Crippen LogP contribution in [0, 0.1) is 0 Å². The molecule has 0 aliphatic carbocycles. The van der Waals surface area contributed by atoms with Crippen LogP contribution in [0.2, 0.25) is 0 Å². The van der Waals surface area contributed by atoms with Crippen LogP contribution in [0.25, 0.3) is 10.1 Å². The van der Waals surface area contributed by atoms with Gasteiger partial charge in [-0.2, -0.15) is 4.37 Å². The van der Waals surface area contributed by atoms with Gasteiger partial charge in [0.25, 0.3) is 11.8 Å². The summed E-state index contributed by atoms with van der Waals surface area (Å²) in [6.07, 6.45) is 4.56. The lowest BCUT2D eigenvalue weighted by atomic mass is 10.2. The Bertz CT molecular complexity index is 821. The predicted octanol–water partition coefficient (Wildman–Crippen LogP) is 2.12. The van der Waals surface area contributed by atoms with E-state index in [0.29, 0.717) is 6.54 Å². The fourth-order valence-electron chi connectivity index (χ4n) is 3.54. The van der Waals surface area contributed by atoms with E-state index >= 15 is 0 Å². The fourth-order valence-corrected chi connectivity index (χ4v) is 4.34. The summed E-state index contributed by atoms with van der Waals surface area (Å²) >= 11 is 1.57. The van der Waals surface area contributed by atoms with E-state index in [9.17, 15) is 9.59 Å². The Balaban J connectivity index is 1.22. The molecule has 0 N–H and O–H groups in total. The first kappa shape index (κ1) is 17.2. The minimum atomic E-state index is -0.181. The van der Waals surface area contributed by atoms with Crippen molar-refractivity contribution in [3.8, 4) is 0 Å². The Morgan fingerprint density at radius 1 is 0.923 bits per heavy atom. The molecule has 1 aromatic carbocycles. The zero-order valence-corrected chi connectivity index (χ0v) is 15.5. The van der Waals surface area contributed by atoms with Crippen LogP contribution in [0.1, 0.15) is 12.8 Å². The third-order valence-electron chi connectivity index (χ3n) is 5.04. The number of unbranched alkanes of at least 4 members (excludes halogenated alkanes) is 1. The van der Waals surface area contributed by atoms with Gasteiger partial charge in [0, 0.05) is 50.3 Å². The number of hydrogen-bond donors (Lipinski definition) is 0.